The molecule has 7 nitrogen and oxygen atoms in total. The van der Waals surface area contributed by atoms with Crippen molar-refractivity contribution in [2.45, 2.75) is 13.1 Å². The van der Waals surface area contributed by atoms with E-state index in [4.69, 9.17) is 4.74 Å². The van der Waals surface area contributed by atoms with Gasteiger partial charge in [0.1, 0.15) is 5.75 Å². The van der Waals surface area contributed by atoms with Gasteiger partial charge in [-0.15, -0.1) is 24.0 Å². The van der Waals surface area contributed by atoms with Gasteiger partial charge in [-0.05, 0) is 23.8 Å². The van der Waals surface area contributed by atoms with Gasteiger partial charge in [-0.1, -0.05) is 30.3 Å². The standard InChI is InChI=1S/C22H29N5O2.HI/c1-23-22(26(2)15-18-6-4-5-7-20(18)29-3)25-14-17-8-10-19(11-9-17)27-13-12-24-21(28)16-27;/h4-11H,12-16H2,1-3H3,(H,23,25)(H,24,28);1H. The molecule has 162 valence electrons. The average Bonchev–Trinajstić information content (AvgIpc) is 2.75. The van der Waals surface area contributed by atoms with E-state index in [-0.39, 0.29) is 29.9 Å². The molecular weight excluding hydrogens is 493 g/mol. The van der Waals surface area contributed by atoms with Crippen molar-refractivity contribution in [1.82, 2.24) is 15.5 Å². The van der Waals surface area contributed by atoms with Gasteiger partial charge in [0.25, 0.3) is 0 Å². The normalized spacial score (nSPS) is 13.9. The van der Waals surface area contributed by atoms with Crippen LogP contribution >= 0.6 is 24.0 Å². The summed E-state index contributed by atoms with van der Waals surface area (Å²) in [6.45, 7) is 3.31. The minimum atomic E-state index is 0. The second-order valence-electron chi connectivity index (χ2n) is 7.01. The number of anilines is 1. The van der Waals surface area contributed by atoms with E-state index >= 15 is 0 Å². The van der Waals surface area contributed by atoms with Crippen LogP contribution in [0, 0.1) is 0 Å². The van der Waals surface area contributed by atoms with Gasteiger partial charge >= 0.3 is 0 Å². The average molecular weight is 523 g/mol. The molecule has 0 spiro atoms. The Balaban J connectivity index is 0.00000320. The number of nitrogens with zero attached hydrogens (tertiary/aromatic N) is 3. The van der Waals surface area contributed by atoms with E-state index in [1.54, 1.807) is 14.2 Å². The summed E-state index contributed by atoms with van der Waals surface area (Å²) < 4.78 is 5.44. The molecule has 0 atom stereocenters. The minimum Gasteiger partial charge on any atom is -0.496 e. The van der Waals surface area contributed by atoms with Gasteiger partial charge in [-0.2, -0.15) is 0 Å². The molecule has 1 amide bonds. The van der Waals surface area contributed by atoms with Crippen LogP contribution in [0.3, 0.4) is 0 Å². The molecule has 1 fully saturated rings. The molecule has 1 saturated heterocycles. The summed E-state index contributed by atoms with van der Waals surface area (Å²) in [4.78, 5) is 20.1. The summed E-state index contributed by atoms with van der Waals surface area (Å²) in [6, 6.07) is 16.3. The van der Waals surface area contributed by atoms with Crippen molar-refractivity contribution < 1.29 is 9.53 Å². The number of nitrogens with one attached hydrogen (secondary N) is 2. The predicted octanol–water partition coefficient (Wildman–Crippen LogP) is 2.46. The van der Waals surface area contributed by atoms with E-state index in [1.165, 1.54) is 0 Å². The molecule has 2 aromatic rings. The van der Waals surface area contributed by atoms with Gasteiger partial charge < -0.3 is 25.2 Å². The third-order valence-electron chi connectivity index (χ3n) is 4.96. The first kappa shape index (κ1) is 23.8. The molecule has 30 heavy (non-hydrogen) atoms. The number of para-hydroxylation sites is 1. The number of carbonyl (C=O) groups excluding carboxylic acids is 1. The number of aliphatic imine (C=N–C) groups is 1. The Morgan fingerprint density at radius 3 is 2.63 bits per heavy atom. The topological polar surface area (TPSA) is 69.2 Å². The number of hydrogen-bond acceptors (Lipinski definition) is 4. The van der Waals surface area contributed by atoms with Gasteiger partial charge in [0.05, 0.1) is 13.7 Å². The summed E-state index contributed by atoms with van der Waals surface area (Å²) in [7, 11) is 5.48. The Hall–Kier alpha value is -2.49. The fourth-order valence-corrected chi connectivity index (χ4v) is 3.41. The Morgan fingerprint density at radius 1 is 1.23 bits per heavy atom. The van der Waals surface area contributed by atoms with Gasteiger partial charge in [-0.25, -0.2) is 0 Å². The molecule has 0 saturated carbocycles. The number of carbonyl (C=O) groups is 1. The van der Waals surface area contributed by atoms with Crippen LogP contribution < -0.4 is 20.3 Å². The minimum absolute atomic E-state index is 0. The second kappa shape index (κ2) is 11.6. The van der Waals surface area contributed by atoms with E-state index < -0.39 is 0 Å². The van der Waals surface area contributed by atoms with Crippen LogP contribution in [-0.4, -0.2) is 57.6 Å². The first-order valence-corrected chi connectivity index (χ1v) is 9.75. The summed E-state index contributed by atoms with van der Waals surface area (Å²) in [5.41, 5.74) is 3.33. The molecule has 0 bridgehead atoms. The fraction of sp³-hybridized carbons (Fsp3) is 0.364. The van der Waals surface area contributed by atoms with E-state index in [1.807, 2.05) is 25.2 Å². The van der Waals surface area contributed by atoms with E-state index in [2.05, 4.69) is 55.8 Å². The molecule has 1 aliphatic rings. The molecule has 0 aliphatic carbocycles. The van der Waals surface area contributed by atoms with Gasteiger partial charge in [0.2, 0.25) is 5.91 Å². The third kappa shape index (κ3) is 6.25. The van der Waals surface area contributed by atoms with Gasteiger partial charge in [-0.3, -0.25) is 9.79 Å². The molecule has 1 aliphatic heterocycles. The van der Waals surface area contributed by atoms with E-state index in [9.17, 15) is 4.79 Å². The van der Waals surface area contributed by atoms with Crippen molar-refractivity contribution >= 4 is 41.5 Å². The number of guanidine groups is 1. The van der Waals surface area contributed by atoms with Crippen molar-refractivity contribution in [3.63, 3.8) is 0 Å². The third-order valence-corrected chi connectivity index (χ3v) is 4.96. The van der Waals surface area contributed by atoms with Gasteiger partial charge in [0, 0.05) is 51.5 Å². The lowest BCUT2D eigenvalue weighted by atomic mass is 10.1. The Labute approximate surface area is 195 Å². The Kier molecular flexibility index (Phi) is 9.22. The summed E-state index contributed by atoms with van der Waals surface area (Å²) >= 11 is 0. The highest BCUT2D eigenvalue weighted by Gasteiger charge is 2.16. The monoisotopic (exact) mass is 523 g/mol. The number of amides is 1. The van der Waals surface area contributed by atoms with Crippen molar-refractivity contribution in [3.8, 4) is 5.75 Å². The predicted molar refractivity (Wildman–Crippen MR) is 132 cm³/mol. The second-order valence-corrected chi connectivity index (χ2v) is 7.01. The van der Waals surface area contributed by atoms with E-state index in [0.29, 0.717) is 26.2 Å². The summed E-state index contributed by atoms with van der Waals surface area (Å²) in [5, 5.41) is 6.26. The number of methoxy groups -OCH3 is 1. The summed E-state index contributed by atoms with van der Waals surface area (Å²) in [5.74, 6) is 1.76. The number of hydrogen-bond donors (Lipinski definition) is 2. The molecule has 3 rings (SSSR count). The highest BCUT2D eigenvalue weighted by Crippen LogP contribution is 2.19. The highest BCUT2D eigenvalue weighted by molar-refractivity contribution is 14.0. The molecule has 2 aromatic carbocycles. The number of halogens is 1. The lowest BCUT2D eigenvalue weighted by Gasteiger charge is -2.28. The van der Waals surface area contributed by atoms with Crippen LogP contribution in [0.15, 0.2) is 53.5 Å². The maximum atomic E-state index is 11.6. The Morgan fingerprint density at radius 2 is 1.97 bits per heavy atom. The largest absolute Gasteiger partial charge is 0.496 e. The molecule has 0 unspecified atom stereocenters. The number of piperazine rings is 1. The summed E-state index contributed by atoms with van der Waals surface area (Å²) in [6.07, 6.45) is 0. The SMILES string of the molecule is CN=C(NCc1ccc(N2CCNC(=O)C2)cc1)N(C)Cc1ccccc1OC.I. The fourth-order valence-electron chi connectivity index (χ4n) is 3.41. The van der Waals surface area contributed by atoms with E-state index in [0.717, 1.165) is 35.1 Å². The van der Waals surface area contributed by atoms with Gasteiger partial charge in [0.15, 0.2) is 5.96 Å². The van der Waals surface area contributed by atoms with Crippen LogP contribution in [-0.2, 0) is 17.9 Å². The zero-order chi connectivity index (χ0) is 20.6. The van der Waals surface area contributed by atoms with Crippen molar-refractivity contribution in [3.05, 3.63) is 59.7 Å². The van der Waals surface area contributed by atoms with Crippen LogP contribution in [0.1, 0.15) is 11.1 Å². The maximum absolute atomic E-state index is 11.6. The highest BCUT2D eigenvalue weighted by atomic mass is 127. The first-order valence-electron chi connectivity index (χ1n) is 9.75. The van der Waals surface area contributed by atoms with Crippen LogP contribution in [0.2, 0.25) is 0 Å². The van der Waals surface area contributed by atoms with Crippen molar-refractivity contribution in [2.24, 2.45) is 4.99 Å². The smallest absolute Gasteiger partial charge is 0.239 e. The Bertz CT molecular complexity index is 857. The van der Waals surface area contributed by atoms with Crippen molar-refractivity contribution in [2.75, 3.05) is 45.7 Å². The zero-order valence-corrected chi connectivity index (χ0v) is 20.1. The van der Waals surface area contributed by atoms with Crippen LogP contribution in [0.4, 0.5) is 5.69 Å². The molecule has 0 aromatic heterocycles. The number of benzene rings is 2. The number of rotatable bonds is 6. The number of ether oxygens (including phenoxy) is 1. The molecule has 0 radical (unpaired) electrons. The van der Waals surface area contributed by atoms with Crippen LogP contribution in [0.25, 0.3) is 0 Å². The zero-order valence-electron chi connectivity index (χ0n) is 17.7. The quantitative estimate of drug-likeness (QED) is 0.346. The first-order chi connectivity index (χ1) is 14.1. The molecule has 2 N–H and O–H groups in total. The molecule has 8 heteroatoms. The lowest BCUT2D eigenvalue weighted by molar-refractivity contribution is -0.120. The van der Waals surface area contributed by atoms with Crippen LogP contribution in [0.5, 0.6) is 5.75 Å². The lowest BCUT2D eigenvalue weighted by Crippen LogP contribution is -2.47. The molecule has 1 heterocycles. The van der Waals surface area contributed by atoms with Crippen molar-refractivity contribution in [1.29, 1.82) is 0 Å². The maximum Gasteiger partial charge on any atom is 0.239 e. The molecular formula is C22H30IN5O2.